The highest BCUT2D eigenvalue weighted by molar-refractivity contribution is 5.58. The molecule has 1 aliphatic heterocycles. The molecular formula is C16H20N2O3. The minimum atomic E-state index is 0.575. The number of hydrogen-bond acceptors (Lipinski definition) is 5. The van der Waals surface area contributed by atoms with E-state index in [0.717, 1.165) is 48.1 Å². The van der Waals surface area contributed by atoms with E-state index < -0.39 is 0 Å². The Morgan fingerprint density at radius 2 is 1.90 bits per heavy atom. The number of hydrogen-bond donors (Lipinski definition) is 1. The molecule has 0 radical (unpaired) electrons. The van der Waals surface area contributed by atoms with Gasteiger partial charge in [-0.1, -0.05) is 6.92 Å². The number of nitrogen functional groups attached to an aromatic ring is 1. The van der Waals surface area contributed by atoms with E-state index in [2.05, 4.69) is 11.8 Å². The van der Waals surface area contributed by atoms with Gasteiger partial charge in [-0.3, -0.25) is 4.90 Å². The third kappa shape index (κ3) is 3.13. The number of ether oxygens (including phenoxy) is 2. The predicted molar refractivity (Wildman–Crippen MR) is 80.3 cm³/mol. The van der Waals surface area contributed by atoms with E-state index in [-0.39, 0.29) is 0 Å². The van der Waals surface area contributed by atoms with E-state index in [4.69, 9.17) is 19.6 Å². The van der Waals surface area contributed by atoms with Gasteiger partial charge in [0.15, 0.2) is 11.5 Å². The third-order valence-corrected chi connectivity index (χ3v) is 3.60. The first kappa shape index (κ1) is 13.8. The van der Waals surface area contributed by atoms with Gasteiger partial charge in [0.2, 0.25) is 0 Å². The van der Waals surface area contributed by atoms with Crippen molar-refractivity contribution in [2.24, 2.45) is 0 Å². The Kier molecular flexibility index (Phi) is 4.01. The smallest absolute Gasteiger partial charge is 0.163 e. The van der Waals surface area contributed by atoms with Crippen LogP contribution in [0, 0.1) is 0 Å². The molecule has 0 saturated carbocycles. The van der Waals surface area contributed by atoms with Gasteiger partial charge in [-0.25, -0.2) is 0 Å². The maximum Gasteiger partial charge on any atom is 0.163 e. The Bertz CT molecular complexity index is 596. The van der Waals surface area contributed by atoms with Crippen molar-refractivity contribution in [1.82, 2.24) is 4.90 Å². The van der Waals surface area contributed by atoms with E-state index in [9.17, 15) is 0 Å². The quantitative estimate of drug-likeness (QED) is 0.857. The number of nitrogens with zero attached hydrogens (tertiary/aromatic N) is 1. The van der Waals surface area contributed by atoms with Gasteiger partial charge in [0.1, 0.15) is 19.0 Å². The van der Waals surface area contributed by atoms with E-state index in [1.165, 1.54) is 0 Å². The van der Waals surface area contributed by atoms with Crippen molar-refractivity contribution in [2.75, 3.05) is 25.5 Å². The Morgan fingerprint density at radius 1 is 1.14 bits per heavy atom. The normalized spacial score (nSPS) is 13.6. The molecule has 21 heavy (non-hydrogen) atoms. The topological polar surface area (TPSA) is 60.9 Å². The number of furan rings is 1. The third-order valence-electron chi connectivity index (χ3n) is 3.60. The Labute approximate surface area is 124 Å². The molecule has 112 valence electrons. The molecule has 0 spiro atoms. The summed E-state index contributed by atoms with van der Waals surface area (Å²) in [6.07, 6.45) is 1.70. The first-order valence-corrected chi connectivity index (χ1v) is 7.19. The zero-order chi connectivity index (χ0) is 14.7. The molecule has 0 fully saturated rings. The van der Waals surface area contributed by atoms with Crippen LogP contribution in [0.25, 0.3) is 0 Å². The summed E-state index contributed by atoms with van der Waals surface area (Å²) in [5.74, 6) is 2.46. The fourth-order valence-electron chi connectivity index (χ4n) is 2.43. The molecule has 3 rings (SSSR count). The van der Waals surface area contributed by atoms with Gasteiger partial charge >= 0.3 is 0 Å². The highest BCUT2D eigenvalue weighted by Gasteiger charge is 2.16. The van der Waals surface area contributed by atoms with E-state index in [1.807, 2.05) is 24.3 Å². The van der Waals surface area contributed by atoms with Crippen molar-refractivity contribution in [3.63, 3.8) is 0 Å². The monoisotopic (exact) mass is 288 g/mol. The lowest BCUT2D eigenvalue weighted by Gasteiger charge is -2.23. The molecule has 2 N–H and O–H groups in total. The van der Waals surface area contributed by atoms with Crippen molar-refractivity contribution in [3.8, 4) is 11.5 Å². The fraction of sp³-hybridized carbons (Fsp3) is 0.375. The number of benzene rings is 1. The number of anilines is 1. The van der Waals surface area contributed by atoms with E-state index >= 15 is 0 Å². The molecule has 1 aromatic carbocycles. The highest BCUT2D eigenvalue weighted by Crippen LogP contribution is 2.35. The molecule has 1 aromatic heterocycles. The van der Waals surface area contributed by atoms with Crippen molar-refractivity contribution in [3.05, 3.63) is 41.9 Å². The summed E-state index contributed by atoms with van der Waals surface area (Å²) >= 11 is 0. The van der Waals surface area contributed by atoms with Crippen LogP contribution in [0.3, 0.4) is 0 Å². The van der Waals surface area contributed by atoms with Crippen LogP contribution < -0.4 is 15.2 Å². The van der Waals surface area contributed by atoms with Crippen molar-refractivity contribution >= 4 is 5.69 Å². The lowest BCUT2D eigenvalue weighted by molar-refractivity contribution is 0.171. The molecule has 5 nitrogen and oxygen atoms in total. The average Bonchev–Trinajstić information content (AvgIpc) is 3.00. The zero-order valence-corrected chi connectivity index (χ0v) is 12.2. The van der Waals surface area contributed by atoms with E-state index in [1.54, 1.807) is 6.26 Å². The molecule has 0 amide bonds. The minimum Gasteiger partial charge on any atom is -0.486 e. The molecule has 0 saturated heterocycles. The molecule has 5 heteroatoms. The van der Waals surface area contributed by atoms with Crippen LogP contribution in [0.2, 0.25) is 0 Å². The van der Waals surface area contributed by atoms with Gasteiger partial charge in [0, 0.05) is 18.3 Å². The standard InChI is InChI=1S/C16H20N2O3/c1-2-18(11-13-4-3-5-19-13)10-12-8-15-16(9-14(12)17)21-7-6-20-15/h3-5,8-9H,2,6-7,10-11,17H2,1H3. The maximum absolute atomic E-state index is 6.14. The number of fused-ring (bicyclic) bond motifs is 1. The van der Waals surface area contributed by atoms with Crippen LogP contribution in [-0.2, 0) is 13.1 Å². The Balaban J connectivity index is 1.76. The van der Waals surface area contributed by atoms with Crippen LogP contribution in [-0.4, -0.2) is 24.7 Å². The first-order chi connectivity index (χ1) is 10.3. The van der Waals surface area contributed by atoms with Crippen LogP contribution >= 0.6 is 0 Å². The van der Waals surface area contributed by atoms with Crippen molar-refractivity contribution in [2.45, 2.75) is 20.0 Å². The lowest BCUT2D eigenvalue weighted by Crippen LogP contribution is -2.23. The summed E-state index contributed by atoms with van der Waals surface area (Å²) in [6, 6.07) is 7.72. The van der Waals surface area contributed by atoms with Gasteiger partial charge < -0.3 is 19.6 Å². The summed E-state index contributed by atoms with van der Waals surface area (Å²) in [4.78, 5) is 2.26. The zero-order valence-electron chi connectivity index (χ0n) is 12.2. The average molecular weight is 288 g/mol. The molecule has 2 heterocycles. The van der Waals surface area contributed by atoms with Gasteiger partial charge in [-0.15, -0.1) is 0 Å². The minimum absolute atomic E-state index is 0.575. The summed E-state index contributed by atoms with van der Waals surface area (Å²) in [7, 11) is 0. The molecular weight excluding hydrogens is 268 g/mol. The molecule has 2 aromatic rings. The van der Waals surface area contributed by atoms with Gasteiger partial charge in [-0.05, 0) is 30.3 Å². The van der Waals surface area contributed by atoms with Crippen LogP contribution in [0.15, 0.2) is 34.9 Å². The second kappa shape index (κ2) is 6.10. The first-order valence-electron chi connectivity index (χ1n) is 7.19. The largest absolute Gasteiger partial charge is 0.486 e. The number of rotatable bonds is 5. The van der Waals surface area contributed by atoms with Crippen LogP contribution in [0.4, 0.5) is 5.69 Å². The van der Waals surface area contributed by atoms with Gasteiger partial charge in [-0.2, -0.15) is 0 Å². The summed E-state index contributed by atoms with van der Waals surface area (Å²) in [5.41, 5.74) is 7.92. The summed E-state index contributed by atoms with van der Waals surface area (Å²) in [6.45, 7) is 5.70. The van der Waals surface area contributed by atoms with Crippen LogP contribution in [0.1, 0.15) is 18.2 Å². The molecule has 0 atom stereocenters. The van der Waals surface area contributed by atoms with E-state index in [0.29, 0.717) is 13.2 Å². The second-order valence-corrected chi connectivity index (χ2v) is 5.08. The van der Waals surface area contributed by atoms with Gasteiger partial charge in [0.05, 0.1) is 12.8 Å². The number of nitrogens with two attached hydrogens (primary N) is 1. The van der Waals surface area contributed by atoms with Gasteiger partial charge in [0.25, 0.3) is 0 Å². The SMILES string of the molecule is CCN(Cc1ccco1)Cc1cc2c(cc1N)OCCO2. The van der Waals surface area contributed by atoms with Crippen LogP contribution in [0.5, 0.6) is 11.5 Å². The second-order valence-electron chi connectivity index (χ2n) is 5.08. The summed E-state index contributed by atoms with van der Waals surface area (Å²) in [5, 5.41) is 0. The molecule has 1 aliphatic rings. The molecule has 0 bridgehead atoms. The fourth-order valence-corrected chi connectivity index (χ4v) is 2.43. The van der Waals surface area contributed by atoms with Crippen molar-refractivity contribution in [1.29, 1.82) is 0 Å². The summed E-state index contributed by atoms with van der Waals surface area (Å²) < 4.78 is 16.6. The lowest BCUT2D eigenvalue weighted by atomic mass is 10.1. The van der Waals surface area contributed by atoms with Crippen molar-refractivity contribution < 1.29 is 13.9 Å². The molecule has 0 unspecified atom stereocenters. The Morgan fingerprint density at radius 3 is 2.57 bits per heavy atom. The molecule has 0 aliphatic carbocycles. The Hall–Kier alpha value is -2.14. The maximum atomic E-state index is 6.14. The highest BCUT2D eigenvalue weighted by atomic mass is 16.6. The predicted octanol–water partition coefficient (Wildman–Crippen LogP) is 2.66.